The predicted molar refractivity (Wildman–Crippen MR) is 217 cm³/mol. The molecule has 2 aliphatic carbocycles. The molecule has 0 saturated carbocycles. The summed E-state index contributed by atoms with van der Waals surface area (Å²) in [5.41, 5.74) is 14.7. The number of hydrogen-bond acceptors (Lipinski definition) is 0. The summed E-state index contributed by atoms with van der Waals surface area (Å²) in [5, 5.41) is 3.20. The maximum atomic E-state index is 2.94. The Morgan fingerprint density at radius 1 is 0.440 bits per heavy atom. The third kappa shape index (κ3) is 5.26. The van der Waals surface area contributed by atoms with Crippen LogP contribution >= 0.6 is 0 Å². The van der Waals surface area contributed by atoms with Gasteiger partial charge in [0.1, 0.15) is 0 Å². The molecule has 0 heterocycles. The van der Waals surface area contributed by atoms with E-state index in [0.717, 1.165) is 12.8 Å². The Kier molecular flexibility index (Phi) is 8.74. The first kappa shape index (κ1) is 33.1. The van der Waals surface area contributed by atoms with Crippen LogP contribution in [-0.4, -0.2) is 5.98 Å². The molecule has 6 aromatic carbocycles. The molecule has 0 aromatic heterocycles. The summed E-state index contributed by atoms with van der Waals surface area (Å²) in [6, 6.07) is 60.2. The summed E-state index contributed by atoms with van der Waals surface area (Å²) in [4.78, 5) is 0. The van der Waals surface area contributed by atoms with E-state index in [9.17, 15) is 0 Å². The van der Waals surface area contributed by atoms with Crippen molar-refractivity contribution in [2.24, 2.45) is 0 Å². The molecule has 0 aliphatic heterocycles. The SMILES string of the molecule is CCC1=Cc2c(-c3ccccc3)cccc2[CH]1[Hf]([CH3])([CH3])([CH]1C(CC)=Cc2c(-c3ccccc3)cccc21)[SiH](c1ccccc1)c1ccccc1. The van der Waals surface area contributed by atoms with Crippen molar-refractivity contribution >= 4 is 28.5 Å². The van der Waals surface area contributed by atoms with Gasteiger partial charge in [0.15, 0.2) is 0 Å². The summed E-state index contributed by atoms with van der Waals surface area (Å²) in [7, 11) is 0. The molecule has 50 heavy (non-hydrogen) atoms. The van der Waals surface area contributed by atoms with Crippen LogP contribution < -0.4 is 10.4 Å². The Morgan fingerprint density at radius 3 is 1.16 bits per heavy atom. The molecule has 0 N–H and O–H groups in total. The fourth-order valence-corrected chi connectivity index (χ4v) is 75.8. The van der Waals surface area contributed by atoms with Crippen LogP contribution in [0.4, 0.5) is 0 Å². The third-order valence-electron chi connectivity index (χ3n) is 12.3. The van der Waals surface area contributed by atoms with Gasteiger partial charge in [-0.15, -0.1) is 0 Å². The van der Waals surface area contributed by atoms with Gasteiger partial charge in [-0.25, -0.2) is 0 Å². The fraction of sp³-hybridized carbons (Fsp3) is 0.167. The molecule has 0 nitrogen and oxygen atoms in total. The van der Waals surface area contributed by atoms with E-state index < -0.39 is 23.7 Å². The maximum absolute atomic E-state index is 4.52. The van der Waals surface area contributed by atoms with Crippen molar-refractivity contribution in [2.45, 2.75) is 43.4 Å². The second kappa shape index (κ2) is 13.2. The molecule has 0 spiro atoms. The van der Waals surface area contributed by atoms with Crippen molar-refractivity contribution < 1.29 is 17.7 Å². The second-order valence-corrected chi connectivity index (χ2v) is 62.5. The van der Waals surface area contributed by atoms with Crippen LogP contribution in [0.25, 0.3) is 34.4 Å². The molecule has 6 aromatic rings. The van der Waals surface area contributed by atoms with E-state index in [1.165, 1.54) is 33.4 Å². The molecule has 0 saturated heterocycles. The van der Waals surface area contributed by atoms with Crippen molar-refractivity contribution in [3.63, 3.8) is 0 Å². The van der Waals surface area contributed by atoms with Crippen LogP contribution in [-0.2, 0) is 17.7 Å². The van der Waals surface area contributed by atoms with E-state index in [1.807, 2.05) is 0 Å². The number of fused-ring (bicyclic) bond motifs is 2. The van der Waals surface area contributed by atoms with Gasteiger partial charge >= 0.3 is 303 Å². The fourth-order valence-electron chi connectivity index (χ4n) is 10.5. The van der Waals surface area contributed by atoms with Gasteiger partial charge in [-0.3, -0.25) is 0 Å². The summed E-state index contributed by atoms with van der Waals surface area (Å²) < 4.78 is 6.76. The molecular formula is C48H47HfSi. The number of allylic oxidation sites excluding steroid dienone is 2. The molecule has 2 heteroatoms. The molecular weight excluding hydrogens is 783 g/mol. The number of benzene rings is 6. The zero-order valence-corrected chi connectivity index (χ0v) is 34.6. The Labute approximate surface area is 301 Å². The molecule has 8 rings (SSSR count). The average molecular weight is 830 g/mol. The minimum absolute atomic E-state index is 0.444. The quantitative estimate of drug-likeness (QED) is 0.127. The van der Waals surface area contributed by atoms with Gasteiger partial charge in [0.2, 0.25) is 0 Å². The summed E-state index contributed by atoms with van der Waals surface area (Å²) >= 11 is -4.52. The zero-order chi connectivity index (χ0) is 34.3. The van der Waals surface area contributed by atoms with Crippen molar-refractivity contribution in [2.75, 3.05) is 0 Å². The Bertz CT molecular complexity index is 2060. The van der Waals surface area contributed by atoms with E-state index in [4.69, 9.17) is 0 Å². The number of hydrogen-bond donors (Lipinski definition) is 0. The first-order valence-corrected chi connectivity index (χ1v) is 37.8. The Hall–Kier alpha value is -4.11. The zero-order valence-electron chi connectivity index (χ0n) is 29.8. The normalized spacial score (nSPS) is 17.4. The molecule has 2 atom stereocenters. The van der Waals surface area contributed by atoms with Crippen LogP contribution in [0, 0.1) is 0 Å². The van der Waals surface area contributed by atoms with Gasteiger partial charge in [-0.05, 0) is 0 Å². The van der Waals surface area contributed by atoms with Crippen LogP contribution in [0.3, 0.4) is 0 Å². The van der Waals surface area contributed by atoms with Crippen LogP contribution in [0.1, 0.15) is 56.3 Å². The van der Waals surface area contributed by atoms with Gasteiger partial charge in [0, 0.05) is 0 Å². The molecule has 2 unspecified atom stereocenters. The van der Waals surface area contributed by atoms with Crippen LogP contribution in [0.5, 0.6) is 0 Å². The van der Waals surface area contributed by atoms with Crippen molar-refractivity contribution in [1.29, 1.82) is 0 Å². The van der Waals surface area contributed by atoms with Gasteiger partial charge in [0.05, 0.1) is 0 Å². The van der Waals surface area contributed by atoms with E-state index in [2.05, 4.69) is 193 Å². The van der Waals surface area contributed by atoms with E-state index >= 15 is 0 Å². The Balaban J connectivity index is 1.47. The van der Waals surface area contributed by atoms with E-state index in [-0.39, 0.29) is 0 Å². The monoisotopic (exact) mass is 831 g/mol. The van der Waals surface area contributed by atoms with Gasteiger partial charge in [-0.1, -0.05) is 0 Å². The van der Waals surface area contributed by atoms with Crippen molar-refractivity contribution in [3.05, 3.63) is 191 Å². The number of rotatable bonds is 9. The van der Waals surface area contributed by atoms with E-state index in [0.29, 0.717) is 7.35 Å². The van der Waals surface area contributed by atoms with E-state index in [1.54, 1.807) is 32.6 Å². The average Bonchev–Trinajstić information content (AvgIpc) is 3.77. The first-order valence-electron chi connectivity index (χ1n) is 18.5. The third-order valence-corrected chi connectivity index (χ3v) is 66.5. The first-order chi connectivity index (χ1) is 24.4. The molecule has 0 bridgehead atoms. The summed E-state index contributed by atoms with van der Waals surface area (Å²) in [6.07, 6.45) is 7.42. The van der Waals surface area contributed by atoms with Crippen molar-refractivity contribution in [3.8, 4) is 22.3 Å². The van der Waals surface area contributed by atoms with Gasteiger partial charge in [0.25, 0.3) is 0 Å². The molecule has 0 amide bonds. The standard InChI is InChI=1S/2C17H15.C12H11Si.2CH3.Hf/c2*1-2-13-11-15-9-6-10-16(17(15)12-13)14-7-4-3-5-8-14;1-3-7-11(8-4-1)13-12-9-5-2-6-10-12;;;/h2*3-12H,2H2,1H3;1-10,13H;2*1H3;. The minimum atomic E-state index is -4.52. The predicted octanol–water partition coefficient (Wildman–Crippen LogP) is 11.7. The summed E-state index contributed by atoms with van der Waals surface area (Å²) in [6.45, 7) is 4.83. The topological polar surface area (TPSA) is 0 Å². The van der Waals surface area contributed by atoms with Gasteiger partial charge in [-0.2, -0.15) is 0 Å². The molecule has 0 radical (unpaired) electrons. The van der Waals surface area contributed by atoms with Gasteiger partial charge < -0.3 is 0 Å². The van der Waals surface area contributed by atoms with Crippen LogP contribution in [0.15, 0.2) is 169 Å². The van der Waals surface area contributed by atoms with Crippen LogP contribution in [0.2, 0.25) is 9.36 Å². The molecule has 0 fully saturated rings. The van der Waals surface area contributed by atoms with Crippen molar-refractivity contribution in [1.82, 2.24) is 0 Å². The molecule has 247 valence electrons. The second-order valence-electron chi connectivity index (χ2n) is 15.3. The Morgan fingerprint density at radius 2 is 0.800 bits per heavy atom. The molecule has 2 aliphatic rings. The summed E-state index contributed by atoms with van der Waals surface area (Å²) in [5.74, 6) is -1.87.